The lowest BCUT2D eigenvalue weighted by molar-refractivity contribution is 0.320. The Hall–Kier alpha value is -1.40. The molecule has 0 radical (unpaired) electrons. The van der Waals surface area contributed by atoms with Gasteiger partial charge in [0.1, 0.15) is 0 Å². The van der Waals surface area contributed by atoms with Crippen molar-refractivity contribution in [2.75, 3.05) is 13.2 Å². The second-order valence-corrected chi connectivity index (χ2v) is 4.93. The standard InChI is InChI=1S/C11H14FNO3S/c1-3-7-13-17(14,15)9-5-6-10(12)11(8-9)16-4-2/h3,5-6,8,13H,1,4,7H2,2H3. The normalized spacial score (nSPS) is 11.2. The van der Waals surface area contributed by atoms with Crippen molar-refractivity contribution in [1.29, 1.82) is 0 Å². The van der Waals surface area contributed by atoms with Crippen LogP contribution in [-0.2, 0) is 10.0 Å². The van der Waals surface area contributed by atoms with E-state index in [1.54, 1.807) is 6.92 Å². The molecule has 0 spiro atoms. The van der Waals surface area contributed by atoms with Gasteiger partial charge in [-0.1, -0.05) is 6.08 Å². The van der Waals surface area contributed by atoms with E-state index in [1.807, 2.05) is 0 Å². The molecule has 1 rings (SSSR count). The quantitative estimate of drug-likeness (QED) is 0.791. The molecule has 0 saturated heterocycles. The van der Waals surface area contributed by atoms with Crippen LogP contribution in [-0.4, -0.2) is 21.6 Å². The third-order valence-corrected chi connectivity index (χ3v) is 3.35. The first kappa shape index (κ1) is 13.7. The van der Waals surface area contributed by atoms with Crippen molar-refractivity contribution in [2.24, 2.45) is 0 Å². The van der Waals surface area contributed by atoms with Crippen LogP contribution < -0.4 is 9.46 Å². The van der Waals surface area contributed by atoms with Gasteiger partial charge in [0.15, 0.2) is 11.6 Å². The van der Waals surface area contributed by atoms with E-state index >= 15 is 0 Å². The number of benzene rings is 1. The van der Waals surface area contributed by atoms with E-state index in [0.717, 1.165) is 12.1 Å². The van der Waals surface area contributed by atoms with Crippen LogP contribution >= 0.6 is 0 Å². The number of ether oxygens (including phenoxy) is 1. The molecule has 17 heavy (non-hydrogen) atoms. The molecular weight excluding hydrogens is 245 g/mol. The van der Waals surface area contributed by atoms with Crippen molar-refractivity contribution in [1.82, 2.24) is 4.72 Å². The molecule has 1 aromatic carbocycles. The van der Waals surface area contributed by atoms with Crippen molar-refractivity contribution in [3.63, 3.8) is 0 Å². The minimum Gasteiger partial charge on any atom is -0.491 e. The lowest BCUT2D eigenvalue weighted by atomic mass is 10.3. The highest BCUT2D eigenvalue weighted by atomic mass is 32.2. The first-order valence-electron chi connectivity index (χ1n) is 5.04. The maximum absolute atomic E-state index is 13.2. The Morgan fingerprint density at radius 3 is 2.82 bits per heavy atom. The second-order valence-electron chi connectivity index (χ2n) is 3.17. The molecule has 0 heterocycles. The Bertz CT molecular complexity index is 499. The van der Waals surface area contributed by atoms with Crippen LogP contribution in [0.2, 0.25) is 0 Å². The van der Waals surface area contributed by atoms with Gasteiger partial charge in [0.05, 0.1) is 11.5 Å². The molecule has 1 N–H and O–H groups in total. The van der Waals surface area contributed by atoms with Crippen molar-refractivity contribution in [3.05, 3.63) is 36.7 Å². The highest BCUT2D eigenvalue weighted by Gasteiger charge is 2.15. The number of sulfonamides is 1. The largest absolute Gasteiger partial charge is 0.491 e. The molecule has 0 atom stereocenters. The lowest BCUT2D eigenvalue weighted by Gasteiger charge is -2.08. The molecule has 0 bridgehead atoms. The maximum atomic E-state index is 13.2. The Balaban J connectivity index is 3.06. The molecule has 0 aliphatic heterocycles. The van der Waals surface area contributed by atoms with Crippen molar-refractivity contribution in [2.45, 2.75) is 11.8 Å². The third kappa shape index (κ3) is 3.54. The molecule has 0 aliphatic rings. The van der Waals surface area contributed by atoms with Gasteiger partial charge < -0.3 is 4.74 Å². The zero-order valence-electron chi connectivity index (χ0n) is 9.44. The van der Waals surface area contributed by atoms with Crippen LogP contribution in [0, 0.1) is 5.82 Å². The van der Waals surface area contributed by atoms with E-state index in [4.69, 9.17) is 4.74 Å². The Kier molecular flexibility index (Phi) is 4.65. The third-order valence-electron chi connectivity index (χ3n) is 1.93. The Labute approximate surface area is 100 Å². The van der Waals surface area contributed by atoms with Gasteiger partial charge in [0, 0.05) is 12.6 Å². The predicted molar refractivity (Wildman–Crippen MR) is 63.0 cm³/mol. The van der Waals surface area contributed by atoms with Gasteiger partial charge in [-0.25, -0.2) is 17.5 Å². The van der Waals surface area contributed by atoms with Crippen molar-refractivity contribution < 1.29 is 17.5 Å². The first-order valence-corrected chi connectivity index (χ1v) is 6.52. The molecule has 0 aromatic heterocycles. The molecule has 0 saturated carbocycles. The maximum Gasteiger partial charge on any atom is 0.240 e. The second kappa shape index (κ2) is 5.79. The number of halogens is 1. The summed E-state index contributed by atoms with van der Waals surface area (Å²) in [6, 6.07) is 3.40. The minimum atomic E-state index is -3.65. The zero-order valence-corrected chi connectivity index (χ0v) is 10.3. The summed E-state index contributed by atoms with van der Waals surface area (Å²) < 4.78 is 44.0. The molecular formula is C11H14FNO3S. The highest BCUT2D eigenvalue weighted by Crippen LogP contribution is 2.21. The Morgan fingerprint density at radius 1 is 1.53 bits per heavy atom. The summed E-state index contributed by atoms with van der Waals surface area (Å²) in [4.78, 5) is -0.0378. The van der Waals surface area contributed by atoms with Crippen LogP contribution in [0.5, 0.6) is 5.75 Å². The average Bonchev–Trinajstić information content (AvgIpc) is 2.29. The molecule has 94 valence electrons. The summed E-state index contributed by atoms with van der Waals surface area (Å²) >= 11 is 0. The molecule has 0 amide bonds. The van der Waals surface area contributed by atoms with Crippen LogP contribution in [0.1, 0.15) is 6.92 Å². The minimum absolute atomic E-state index is 0.0378. The molecule has 0 aliphatic carbocycles. The van der Waals surface area contributed by atoms with Gasteiger partial charge in [0.25, 0.3) is 0 Å². The van der Waals surface area contributed by atoms with E-state index in [2.05, 4.69) is 11.3 Å². The topological polar surface area (TPSA) is 55.4 Å². The molecule has 1 aromatic rings. The summed E-state index contributed by atoms with van der Waals surface area (Å²) in [5.74, 6) is -0.663. The van der Waals surface area contributed by atoms with E-state index in [1.165, 1.54) is 12.1 Å². The lowest BCUT2D eigenvalue weighted by Crippen LogP contribution is -2.23. The number of hydrogen-bond acceptors (Lipinski definition) is 3. The van der Waals surface area contributed by atoms with Crippen LogP contribution in [0.4, 0.5) is 4.39 Å². The monoisotopic (exact) mass is 259 g/mol. The summed E-state index contributed by atoms with van der Waals surface area (Å²) in [6.45, 7) is 5.48. The Morgan fingerprint density at radius 2 is 2.24 bits per heavy atom. The summed E-state index contributed by atoms with van der Waals surface area (Å²) in [6.07, 6.45) is 1.42. The SMILES string of the molecule is C=CCNS(=O)(=O)c1ccc(F)c(OCC)c1. The van der Waals surface area contributed by atoms with Crippen molar-refractivity contribution >= 4 is 10.0 Å². The molecule has 4 nitrogen and oxygen atoms in total. The highest BCUT2D eigenvalue weighted by molar-refractivity contribution is 7.89. The first-order chi connectivity index (χ1) is 8.01. The van der Waals surface area contributed by atoms with Gasteiger partial charge in [-0.15, -0.1) is 6.58 Å². The van der Waals surface area contributed by atoms with E-state index in [9.17, 15) is 12.8 Å². The van der Waals surface area contributed by atoms with Crippen LogP contribution in [0.25, 0.3) is 0 Å². The number of rotatable bonds is 6. The number of hydrogen-bond donors (Lipinski definition) is 1. The van der Waals surface area contributed by atoms with Gasteiger partial charge in [-0.2, -0.15) is 0 Å². The summed E-state index contributed by atoms with van der Waals surface area (Å²) in [7, 11) is -3.65. The van der Waals surface area contributed by atoms with Gasteiger partial charge >= 0.3 is 0 Å². The molecule has 0 fully saturated rings. The van der Waals surface area contributed by atoms with E-state index in [-0.39, 0.29) is 23.8 Å². The predicted octanol–water partition coefficient (Wildman–Crippen LogP) is 1.69. The molecule has 0 unspecified atom stereocenters. The fourth-order valence-corrected chi connectivity index (χ4v) is 2.18. The molecule has 6 heteroatoms. The smallest absolute Gasteiger partial charge is 0.240 e. The average molecular weight is 259 g/mol. The fraction of sp³-hybridized carbons (Fsp3) is 0.273. The van der Waals surface area contributed by atoms with Crippen molar-refractivity contribution in [3.8, 4) is 5.75 Å². The van der Waals surface area contributed by atoms with E-state index < -0.39 is 15.8 Å². The van der Waals surface area contributed by atoms with Gasteiger partial charge in [-0.3, -0.25) is 0 Å². The summed E-state index contributed by atoms with van der Waals surface area (Å²) in [5.41, 5.74) is 0. The van der Waals surface area contributed by atoms with Crippen LogP contribution in [0.3, 0.4) is 0 Å². The van der Waals surface area contributed by atoms with E-state index in [0.29, 0.717) is 0 Å². The fourth-order valence-electron chi connectivity index (χ4n) is 1.17. The summed E-state index contributed by atoms with van der Waals surface area (Å²) in [5, 5.41) is 0. The van der Waals surface area contributed by atoms with Gasteiger partial charge in [-0.05, 0) is 19.1 Å². The van der Waals surface area contributed by atoms with Gasteiger partial charge in [0.2, 0.25) is 10.0 Å². The zero-order chi connectivity index (χ0) is 12.9. The van der Waals surface area contributed by atoms with Crippen LogP contribution in [0.15, 0.2) is 35.7 Å². The number of nitrogens with one attached hydrogen (secondary N) is 1.